The average molecular weight is 667 g/mol. The standard InChI is InChI=1S/C20H24.C18H22.C11H16O/c1-16-6-10-18(11-7-16)20(14-4-3-5-15-20)19-12-8-17(2)9-13-19;1-5-15-11-17(9-7-13(15)3)18-10-8-14(4)16(6-2)12-18;1-11(2,3)9-5-7-10(12-4)8-6-9/h6-13H,3-5,14-15H2,1-2H3;7-12H,5-6H2,1-4H3;5-8H,1-4H3. The Hall–Kier alpha value is -4.10. The summed E-state index contributed by atoms with van der Waals surface area (Å²) < 4.78 is 5.08. The predicted molar refractivity (Wildman–Crippen MR) is 218 cm³/mol. The van der Waals surface area contributed by atoms with Gasteiger partial charge in [0.25, 0.3) is 0 Å². The Bertz CT molecular complexity index is 1660. The third-order valence-corrected chi connectivity index (χ3v) is 10.7. The van der Waals surface area contributed by atoms with Crippen LogP contribution in [0.3, 0.4) is 0 Å². The van der Waals surface area contributed by atoms with Crippen LogP contribution in [0.5, 0.6) is 5.75 Å². The van der Waals surface area contributed by atoms with Crippen LogP contribution in [0.25, 0.3) is 11.1 Å². The molecule has 0 aliphatic heterocycles. The molecular weight excluding hydrogens is 605 g/mol. The summed E-state index contributed by atoms with van der Waals surface area (Å²) in [6.07, 6.45) is 8.87. The van der Waals surface area contributed by atoms with E-state index in [1.807, 2.05) is 12.1 Å². The summed E-state index contributed by atoms with van der Waals surface area (Å²) in [5.74, 6) is 0.919. The molecule has 0 amide bonds. The Labute approximate surface area is 305 Å². The van der Waals surface area contributed by atoms with Gasteiger partial charge in [0.05, 0.1) is 7.11 Å². The number of benzene rings is 5. The number of methoxy groups -OCH3 is 1. The van der Waals surface area contributed by atoms with Crippen molar-refractivity contribution in [2.24, 2.45) is 0 Å². The fourth-order valence-electron chi connectivity index (χ4n) is 7.20. The monoisotopic (exact) mass is 666 g/mol. The second-order valence-corrected chi connectivity index (χ2v) is 15.3. The van der Waals surface area contributed by atoms with Gasteiger partial charge in [-0.05, 0) is 121 Å². The highest BCUT2D eigenvalue weighted by Gasteiger charge is 2.35. The Morgan fingerprint density at radius 1 is 0.540 bits per heavy atom. The van der Waals surface area contributed by atoms with Crippen molar-refractivity contribution >= 4 is 0 Å². The van der Waals surface area contributed by atoms with Gasteiger partial charge in [-0.2, -0.15) is 0 Å². The van der Waals surface area contributed by atoms with Crippen molar-refractivity contribution < 1.29 is 4.74 Å². The van der Waals surface area contributed by atoms with Crippen LogP contribution in [0.15, 0.2) is 109 Å². The van der Waals surface area contributed by atoms with Crippen LogP contribution >= 0.6 is 0 Å². The fourth-order valence-corrected chi connectivity index (χ4v) is 7.20. The molecule has 0 aromatic heterocycles. The summed E-state index contributed by atoms with van der Waals surface area (Å²) in [5, 5.41) is 0. The van der Waals surface area contributed by atoms with Crippen LogP contribution in [0.4, 0.5) is 0 Å². The van der Waals surface area contributed by atoms with Gasteiger partial charge in [-0.15, -0.1) is 0 Å². The normalized spacial score (nSPS) is 13.7. The average Bonchev–Trinajstić information content (AvgIpc) is 3.13. The highest BCUT2D eigenvalue weighted by molar-refractivity contribution is 5.66. The molecular formula is C49H62O. The number of hydrogen-bond acceptors (Lipinski definition) is 1. The second kappa shape index (κ2) is 17.7. The van der Waals surface area contributed by atoms with Gasteiger partial charge in [-0.3, -0.25) is 0 Å². The van der Waals surface area contributed by atoms with E-state index in [0.29, 0.717) is 0 Å². The molecule has 0 saturated heterocycles. The molecule has 0 unspecified atom stereocenters. The largest absolute Gasteiger partial charge is 0.497 e. The smallest absolute Gasteiger partial charge is 0.118 e. The Morgan fingerprint density at radius 2 is 0.960 bits per heavy atom. The van der Waals surface area contributed by atoms with E-state index in [1.165, 1.54) is 93.3 Å². The predicted octanol–water partition coefficient (Wildman–Crippen LogP) is 13.6. The van der Waals surface area contributed by atoms with E-state index in [9.17, 15) is 0 Å². The minimum absolute atomic E-state index is 0.228. The van der Waals surface area contributed by atoms with E-state index < -0.39 is 0 Å². The van der Waals surface area contributed by atoms with Crippen molar-refractivity contribution in [3.63, 3.8) is 0 Å². The fraction of sp³-hybridized carbons (Fsp3) is 0.388. The molecule has 0 atom stereocenters. The van der Waals surface area contributed by atoms with Gasteiger partial charge < -0.3 is 4.74 Å². The van der Waals surface area contributed by atoms with Crippen molar-refractivity contribution in [2.45, 2.75) is 118 Å². The lowest BCUT2D eigenvalue weighted by molar-refractivity contribution is 0.346. The maximum Gasteiger partial charge on any atom is 0.118 e. The molecule has 0 bridgehead atoms. The molecule has 1 saturated carbocycles. The highest BCUT2D eigenvalue weighted by Crippen LogP contribution is 2.45. The number of rotatable bonds is 6. The van der Waals surface area contributed by atoms with E-state index in [1.54, 1.807) is 7.11 Å². The molecule has 0 N–H and O–H groups in total. The molecule has 1 aliphatic rings. The van der Waals surface area contributed by atoms with Gasteiger partial charge in [-0.1, -0.05) is 162 Å². The number of hydrogen-bond donors (Lipinski definition) is 0. The van der Waals surface area contributed by atoms with E-state index in [2.05, 4.69) is 159 Å². The van der Waals surface area contributed by atoms with E-state index in [-0.39, 0.29) is 10.8 Å². The topological polar surface area (TPSA) is 9.23 Å². The van der Waals surface area contributed by atoms with Crippen molar-refractivity contribution in [1.82, 2.24) is 0 Å². The van der Waals surface area contributed by atoms with Gasteiger partial charge in [0.2, 0.25) is 0 Å². The summed E-state index contributed by atoms with van der Waals surface area (Å²) >= 11 is 0. The SMILES string of the molecule is CCc1cc(-c2ccc(C)c(CC)c2)ccc1C.COc1ccc(C(C)(C)C)cc1.Cc1ccc(C2(c3ccc(C)cc3)CCCCC2)cc1. The van der Waals surface area contributed by atoms with Gasteiger partial charge >= 0.3 is 0 Å². The first-order chi connectivity index (χ1) is 23.9. The minimum Gasteiger partial charge on any atom is -0.497 e. The van der Waals surface area contributed by atoms with Crippen LogP contribution in [0, 0.1) is 27.7 Å². The Kier molecular flexibility index (Phi) is 13.7. The molecule has 50 heavy (non-hydrogen) atoms. The molecule has 1 nitrogen and oxygen atoms in total. The third-order valence-electron chi connectivity index (χ3n) is 10.7. The first-order valence-corrected chi connectivity index (χ1v) is 18.9. The summed E-state index contributed by atoms with van der Waals surface area (Å²) in [4.78, 5) is 0. The van der Waals surface area contributed by atoms with Gasteiger partial charge in [0.15, 0.2) is 0 Å². The first kappa shape index (κ1) is 38.7. The zero-order valence-corrected chi connectivity index (χ0v) is 32.8. The van der Waals surface area contributed by atoms with Crippen molar-refractivity contribution in [1.29, 1.82) is 0 Å². The summed E-state index contributed by atoms with van der Waals surface area (Å²) in [6, 6.07) is 40.3. The van der Waals surface area contributed by atoms with Crippen LogP contribution < -0.4 is 4.74 Å². The van der Waals surface area contributed by atoms with Crippen LogP contribution in [0.2, 0.25) is 0 Å². The Morgan fingerprint density at radius 3 is 1.32 bits per heavy atom. The molecule has 1 heteroatoms. The molecule has 1 aliphatic carbocycles. The van der Waals surface area contributed by atoms with E-state index in [4.69, 9.17) is 4.74 Å². The molecule has 0 radical (unpaired) electrons. The van der Waals surface area contributed by atoms with Crippen molar-refractivity contribution in [3.8, 4) is 16.9 Å². The number of aryl methyl sites for hydroxylation is 6. The lowest BCUT2D eigenvalue weighted by Gasteiger charge is -2.38. The van der Waals surface area contributed by atoms with Gasteiger partial charge in [0, 0.05) is 5.41 Å². The second-order valence-electron chi connectivity index (χ2n) is 15.3. The van der Waals surface area contributed by atoms with Crippen molar-refractivity contribution in [3.05, 3.63) is 159 Å². The molecule has 0 heterocycles. The molecule has 1 fully saturated rings. The minimum atomic E-state index is 0.228. The molecule has 6 rings (SSSR count). The maximum absolute atomic E-state index is 5.08. The molecule has 5 aromatic rings. The van der Waals surface area contributed by atoms with Crippen LogP contribution in [-0.2, 0) is 23.7 Å². The summed E-state index contributed by atoms with van der Waals surface area (Å²) in [5.41, 5.74) is 15.9. The molecule has 0 spiro atoms. The molecule has 5 aromatic carbocycles. The quantitative estimate of drug-likeness (QED) is 0.175. The van der Waals surface area contributed by atoms with E-state index in [0.717, 1.165) is 18.6 Å². The van der Waals surface area contributed by atoms with Crippen LogP contribution in [-0.4, -0.2) is 7.11 Å². The van der Waals surface area contributed by atoms with E-state index >= 15 is 0 Å². The number of ether oxygens (including phenoxy) is 1. The summed E-state index contributed by atoms with van der Waals surface area (Å²) in [6.45, 7) is 19.8. The first-order valence-electron chi connectivity index (χ1n) is 18.9. The highest BCUT2D eigenvalue weighted by atomic mass is 16.5. The lowest BCUT2D eigenvalue weighted by atomic mass is 9.65. The maximum atomic E-state index is 5.08. The summed E-state index contributed by atoms with van der Waals surface area (Å²) in [7, 11) is 1.69. The molecule has 264 valence electrons. The van der Waals surface area contributed by atoms with Crippen LogP contribution in [0.1, 0.15) is 117 Å². The van der Waals surface area contributed by atoms with Crippen molar-refractivity contribution in [2.75, 3.05) is 7.11 Å². The Balaban J connectivity index is 0.000000174. The zero-order chi connectivity index (χ0) is 36.3. The van der Waals surface area contributed by atoms with Gasteiger partial charge in [-0.25, -0.2) is 0 Å². The third kappa shape index (κ3) is 10.00. The zero-order valence-electron chi connectivity index (χ0n) is 32.8. The lowest BCUT2D eigenvalue weighted by Crippen LogP contribution is -2.30. The van der Waals surface area contributed by atoms with Gasteiger partial charge in [0.1, 0.15) is 5.75 Å².